The summed E-state index contributed by atoms with van der Waals surface area (Å²) in [6, 6.07) is 5.96. The van der Waals surface area contributed by atoms with Gasteiger partial charge >= 0.3 is 5.97 Å². The van der Waals surface area contributed by atoms with E-state index < -0.39 is 5.97 Å². The van der Waals surface area contributed by atoms with Crippen LogP contribution in [0.3, 0.4) is 0 Å². The average Bonchev–Trinajstić information content (AvgIpc) is 2.22. The number of hydrogen-bond donors (Lipinski definition) is 3. The van der Waals surface area contributed by atoms with E-state index in [-0.39, 0.29) is 12.5 Å². The van der Waals surface area contributed by atoms with Crippen LogP contribution < -0.4 is 11.1 Å². The Morgan fingerprint density at radius 3 is 2.82 bits per heavy atom. The largest absolute Gasteiger partial charge is 0.481 e. The number of aliphatic carboxylic acids is 1. The Morgan fingerprint density at radius 2 is 2.18 bits per heavy atom. The highest BCUT2D eigenvalue weighted by Gasteiger charge is 2.07. The summed E-state index contributed by atoms with van der Waals surface area (Å²) >= 11 is 0. The van der Waals surface area contributed by atoms with Crippen molar-refractivity contribution >= 4 is 5.97 Å². The first-order valence-corrected chi connectivity index (χ1v) is 5.73. The molecule has 0 aromatic heterocycles. The summed E-state index contributed by atoms with van der Waals surface area (Å²) in [5, 5.41) is 11.8. The third-order valence-corrected chi connectivity index (χ3v) is 2.66. The standard InChI is InChI=1S/C13H20N2O2/c1-9-3-4-10(2)11(5-9)7-15-8-12(14)6-13(16)17/h3-5,12,15H,6-8,14H2,1-2H3,(H,16,17). The Bertz CT molecular complexity index is 391. The SMILES string of the molecule is Cc1ccc(C)c(CNCC(N)CC(=O)O)c1. The molecule has 1 rings (SSSR count). The Morgan fingerprint density at radius 1 is 1.47 bits per heavy atom. The fourth-order valence-corrected chi connectivity index (χ4v) is 1.68. The lowest BCUT2D eigenvalue weighted by Crippen LogP contribution is -2.35. The molecule has 0 amide bonds. The smallest absolute Gasteiger partial charge is 0.304 e. The molecule has 0 fully saturated rings. The van der Waals surface area contributed by atoms with E-state index in [0.29, 0.717) is 6.54 Å². The minimum Gasteiger partial charge on any atom is -0.481 e. The van der Waals surface area contributed by atoms with Crippen LogP contribution in [0.1, 0.15) is 23.1 Å². The highest BCUT2D eigenvalue weighted by molar-refractivity contribution is 5.67. The third kappa shape index (κ3) is 4.97. The van der Waals surface area contributed by atoms with Crippen LogP contribution in [0.2, 0.25) is 0 Å². The molecule has 0 aliphatic rings. The van der Waals surface area contributed by atoms with Gasteiger partial charge in [-0.1, -0.05) is 23.8 Å². The van der Waals surface area contributed by atoms with E-state index in [4.69, 9.17) is 10.8 Å². The Hall–Kier alpha value is -1.39. The van der Waals surface area contributed by atoms with Crippen LogP contribution in [0.4, 0.5) is 0 Å². The predicted octanol–water partition coefficient (Wildman–Crippen LogP) is 1.20. The molecule has 1 aromatic rings. The zero-order valence-corrected chi connectivity index (χ0v) is 10.4. The van der Waals surface area contributed by atoms with Crippen LogP contribution in [0.15, 0.2) is 18.2 Å². The van der Waals surface area contributed by atoms with Crippen LogP contribution in [0.25, 0.3) is 0 Å². The summed E-state index contributed by atoms with van der Waals surface area (Å²) in [4.78, 5) is 10.4. The summed E-state index contributed by atoms with van der Waals surface area (Å²) in [6.45, 7) is 5.35. The lowest BCUT2D eigenvalue weighted by Gasteiger charge is -2.12. The van der Waals surface area contributed by atoms with Gasteiger partial charge in [-0.2, -0.15) is 0 Å². The highest BCUT2D eigenvalue weighted by atomic mass is 16.4. The fraction of sp³-hybridized carbons (Fsp3) is 0.462. The molecule has 0 spiro atoms. The van der Waals surface area contributed by atoms with Crippen LogP contribution in [-0.2, 0) is 11.3 Å². The van der Waals surface area contributed by atoms with Crippen molar-refractivity contribution in [3.63, 3.8) is 0 Å². The topological polar surface area (TPSA) is 75.3 Å². The van der Waals surface area contributed by atoms with Crippen LogP contribution in [0, 0.1) is 13.8 Å². The molecule has 0 aliphatic heterocycles. The summed E-state index contributed by atoms with van der Waals surface area (Å²) in [5.74, 6) is -0.856. The molecule has 4 heteroatoms. The van der Waals surface area contributed by atoms with Crippen LogP contribution >= 0.6 is 0 Å². The number of benzene rings is 1. The van der Waals surface area contributed by atoms with E-state index in [1.54, 1.807) is 0 Å². The molecule has 17 heavy (non-hydrogen) atoms. The van der Waals surface area contributed by atoms with Crippen LogP contribution in [0.5, 0.6) is 0 Å². The first-order chi connectivity index (χ1) is 7.99. The van der Waals surface area contributed by atoms with Crippen molar-refractivity contribution in [3.05, 3.63) is 34.9 Å². The second-order valence-electron chi connectivity index (χ2n) is 4.42. The number of aryl methyl sites for hydroxylation is 2. The van der Waals surface area contributed by atoms with Gasteiger partial charge in [0.25, 0.3) is 0 Å². The van der Waals surface area contributed by atoms with Gasteiger partial charge in [0, 0.05) is 19.1 Å². The van der Waals surface area contributed by atoms with Gasteiger partial charge in [0.15, 0.2) is 0 Å². The fourth-order valence-electron chi connectivity index (χ4n) is 1.68. The number of nitrogens with one attached hydrogen (secondary N) is 1. The molecule has 0 bridgehead atoms. The lowest BCUT2D eigenvalue weighted by atomic mass is 10.1. The quantitative estimate of drug-likeness (QED) is 0.693. The van der Waals surface area contributed by atoms with Crippen molar-refractivity contribution in [2.75, 3.05) is 6.54 Å². The van der Waals surface area contributed by atoms with Crippen LogP contribution in [-0.4, -0.2) is 23.7 Å². The summed E-state index contributed by atoms with van der Waals surface area (Å²) < 4.78 is 0. The molecule has 1 atom stereocenters. The number of carbonyl (C=O) groups is 1. The van der Waals surface area contributed by atoms with Gasteiger partial charge in [-0.25, -0.2) is 0 Å². The second kappa shape index (κ2) is 6.37. The van der Waals surface area contributed by atoms with Gasteiger partial charge in [-0.3, -0.25) is 4.79 Å². The van der Waals surface area contributed by atoms with Crippen molar-refractivity contribution in [1.82, 2.24) is 5.32 Å². The first kappa shape index (κ1) is 13.7. The number of carboxylic acids is 1. The van der Waals surface area contributed by atoms with E-state index >= 15 is 0 Å². The van der Waals surface area contributed by atoms with Crippen molar-refractivity contribution in [1.29, 1.82) is 0 Å². The van der Waals surface area contributed by atoms with Gasteiger partial charge in [-0.05, 0) is 25.0 Å². The normalized spacial score (nSPS) is 12.4. The highest BCUT2D eigenvalue weighted by Crippen LogP contribution is 2.10. The molecule has 0 heterocycles. The van der Waals surface area contributed by atoms with E-state index in [2.05, 4.69) is 37.4 Å². The predicted molar refractivity (Wildman–Crippen MR) is 67.9 cm³/mol. The molecule has 0 aliphatic carbocycles. The number of hydrogen-bond acceptors (Lipinski definition) is 3. The number of nitrogens with two attached hydrogens (primary N) is 1. The minimum atomic E-state index is -0.856. The van der Waals surface area contributed by atoms with Gasteiger partial charge in [-0.15, -0.1) is 0 Å². The van der Waals surface area contributed by atoms with Gasteiger partial charge in [0.05, 0.1) is 6.42 Å². The molecule has 4 nitrogen and oxygen atoms in total. The molecule has 1 unspecified atom stereocenters. The zero-order chi connectivity index (χ0) is 12.8. The van der Waals surface area contributed by atoms with Gasteiger partial charge in [0.2, 0.25) is 0 Å². The number of carboxylic acid groups (broad SMARTS) is 1. The van der Waals surface area contributed by atoms with Crippen molar-refractivity contribution in [2.24, 2.45) is 5.73 Å². The molecule has 0 saturated heterocycles. The zero-order valence-electron chi connectivity index (χ0n) is 10.4. The van der Waals surface area contributed by atoms with E-state index in [1.165, 1.54) is 16.7 Å². The maximum Gasteiger partial charge on any atom is 0.304 e. The summed E-state index contributed by atoms with van der Waals surface area (Å²) in [5.41, 5.74) is 9.35. The Labute approximate surface area is 102 Å². The number of rotatable bonds is 6. The molecule has 94 valence electrons. The third-order valence-electron chi connectivity index (χ3n) is 2.66. The molecule has 0 radical (unpaired) electrons. The van der Waals surface area contributed by atoms with Crippen molar-refractivity contribution in [2.45, 2.75) is 32.9 Å². The van der Waals surface area contributed by atoms with Gasteiger partial charge in [0.1, 0.15) is 0 Å². The van der Waals surface area contributed by atoms with E-state index in [0.717, 1.165) is 6.54 Å². The molecule has 4 N–H and O–H groups in total. The lowest BCUT2D eigenvalue weighted by molar-refractivity contribution is -0.137. The summed E-state index contributed by atoms with van der Waals surface area (Å²) in [6.07, 6.45) is -0.000199. The second-order valence-corrected chi connectivity index (χ2v) is 4.42. The van der Waals surface area contributed by atoms with E-state index in [1.807, 2.05) is 0 Å². The van der Waals surface area contributed by atoms with E-state index in [9.17, 15) is 4.79 Å². The minimum absolute atomic E-state index is 0.000199. The van der Waals surface area contributed by atoms with Gasteiger partial charge < -0.3 is 16.2 Å². The average molecular weight is 236 g/mol. The molecular formula is C13H20N2O2. The molecular weight excluding hydrogens is 216 g/mol. The maximum absolute atomic E-state index is 10.4. The summed E-state index contributed by atoms with van der Waals surface area (Å²) in [7, 11) is 0. The Balaban J connectivity index is 2.40. The van der Waals surface area contributed by atoms with Crippen molar-refractivity contribution in [3.8, 4) is 0 Å². The molecule has 1 aromatic carbocycles. The monoisotopic (exact) mass is 236 g/mol. The maximum atomic E-state index is 10.4. The molecule has 0 saturated carbocycles. The van der Waals surface area contributed by atoms with Crippen molar-refractivity contribution < 1.29 is 9.90 Å². The Kier molecular flexibility index (Phi) is 5.12. The first-order valence-electron chi connectivity index (χ1n) is 5.73.